The number of amides is 4. The van der Waals surface area contributed by atoms with E-state index < -0.39 is 6.03 Å². The molecule has 0 spiro atoms. The molecule has 1 heterocycles. The SMILES string of the molecule is NC(=O)NCCCCC(=O)Nc1ccc(COC(=O)N2CCOCC2)cc1. The zero-order valence-electron chi connectivity index (χ0n) is 15.2. The number of primary amides is 1. The number of rotatable bonds is 8. The van der Waals surface area contributed by atoms with Crippen LogP contribution in [0.1, 0.15) is 24.8 Å². The molecular weight excluding hydrogens is 352 g/mol. The van der Waals surface area contributed by atoms with E-state index in [1.807, 2.05) is 0 Å². The molecule has 1 saturated heterocycles. The summed E-state index contributed by atoms with van der Waals surface area (Å²) in [7, 11) is 0. The molecule has 1 aromatic rings. The Kier molecular flexibility index (Phi) is 8.37. The van der Waals surface area contributed by atoms with Gasteiger partial charge in [-0.2, -0.15) is 0 Å². The molecule has 0 atom stereocenters. The highest BCUT2D eigenvalue weighted by Crippen LogP contribution is 2.12. The van der Waals surface area contributed by atoms with E-state index in [1.165, 1.54) is 0 Å². The van der Waals surface area contributed by atoms with Gasteiger partial charge in [-0.1, -0.05) is 12.1 Å². The molecule has 1 aliphatic heterocycles. The third kappa shape index (κ3) is 7.95. The molecule has 4 N–H and O–H groups in total. The largest absolute Gasteiger partial charge is 0.445 e. The summed E-state index contributed by atoms with van der Waals surface area (Å²) in [6.45, 7) is 2.79. The first-order chi connectivity index (χ1) is 13.0. The predicted molar refractivity (Wildman–Crippen MR) is 99.1 cm³/mol. The molecule has 27 heavy (non-hydrogen) atoms. The third-order valence-electron chi connectivity index (χ3n) is 4.00. The first-order valence-electron chi connectivity index (χ1n) is 8.96. The smallest absolute Gasteiger partial charge is 0.410 e. The Bertz CT molecular complexity index is 629. The zero-order valence-corrected chi connectivity index (χ0v) is 15.2. The van der Waals surface area contributed by atoms with Gasteiger partial charge in [0.2, 0.25) is 5.91 Å². The highest BCUT2D eigenvalue weighted by atomic mass is 16.6. The van der Waals surface area contributed by atoms with Gasteiger partial charge in [-0.25, -0.2) is 9.59 Å². The first kappa shape index (κ1) is 20.5. The average molecular weight is 378 g/mol. The normalized spacial score (nSPS) is 13.7. The minimum Gasteiger partial charge on any atom is -0.445 e. The number of anilines is 1. The first-order valence-corrected chi connectivity index (χ1v) is 8.96. The Morgan fingerprint density at radius 2 is 1.81 bits per heavy atom. The molecule has 1 aromatic carbocycles. The lowest BCUT2D eigenvalue weighted by Crippen LogP contribution is -2.40. The van der Waals surface area contributed by atoms with Crippen LogP contribution in [0.2, 0.25) is 0 Å². The quantitative estimate of drug-likeness (QED) is 0.591. The van der Waals surface area contributed by atoms with Crippen LogP contribution >= 0.6 is 0 Å². The van der Waals surface area contributed by atoms with Crippen molar-refractivity contribution < 1.29 is 23.9 Å². The second kappa shape index (κ2) is 11.0. The van der Waals surface area contributed by atoms with E-state index in [0.29, 0.717) is 57.8 Å². The van der Waals surface area contributed by atoms with Gasteiger partial charge < -0.3 is 30.7 Å². The van der Waals surface area contributed by atoms with Crippen LogP contribution in [0.4, 0.5) is 15.3 Å². The van der Waals surface area contributed by atoms with Crippen LogP contribution in [-0.2, 0) is 20.9 Å². The fraction of sp³-hybridized carbons (Fsp3) is 0.500. The van der Waals surface area contributed by atoms with E-state index >= 15 is 0 Å². The predicted octanol–water partition coefficient (Wildman–Crippen LogP) is 1.43. The van der Waals surface area contributed by atoms with Gasteiger partial charge in [-0.05, 0) is 30.5 Å². The van der Waals surface area contributed by atoms with E-state index in [1.54, 1.807) is 29.2 Å². The van der Waals surface area contributed by atoms with Crippen LogP contribution in [0.5, 0.6) is 0 Å². The minimum absolute atomic E-state index is 0.0967. The van der Waals surface area contributed by atoms with Gasteiger partial charge in [-0.3, -0.25) is 4.79 Å². The Balaban J connectivity index is 1.66. The molecule has 148 valence electrons. The van der Waals surface area contributed by atoms with Gasteiger partial charge in [0, 0.05) is 31.7 Å². The number of nitrogens with two attached hydrogens (primary N) is 1. The van der Waals surface area contributed by atoms with Crippen LogP contribution in [-0.4, -0.2) is 55.8 Å². The Hall–Kier alpha value is -2.81. The molecule has 0 aromatic heterocycles. The fourth-order valence-electron chi connectivity index (χ4n) is 2.51. The topological polar surface area (TPSA) is 123 Å². The van der Waals surface area contributed by atoms with Crippen LogP contribution < -0.4 is 16.4 Å². The molecule has 0 saturated carbocycles. The van der Waals surface area contributed by atoms with Crippen molar-refractivity contribution >= 4 is 23.7 Å². The highest BCUT2D eigenvalue weighted by molar-refractivity contribution is 5.90. The van der Waals surface area contributed by atoms with Crippen molar-refractivity contribution in [3.63, 3.8) is 0 Å². The zero-order chi connectivity index (χ0) is 19.5. The van der Waals surface area contributed by atoms with Gasteiger partial charge in [0.05, 0.1) is 13.2 Å². The molecular formula is C18H26N4O5. The van der Waals surface area contributed by atoms with E-state index in [9.17, 15) is 14.4 Å². The number of ether oxygens (including phenoxy) is 2. The third-order valence-corrected chi connectivity index (χ3v) is 4.00. The van der Waals surface area contributed by atoms with Crippen molar-refractivity contribution in [3.8, 4) is 0 Å². The lowest BCUT2D eigenvalue weighted by molar-refractivity contribution is -0.116. The van der Waals surface area contributed by atoms with Gasteiger partial charge >= 0.3 is 12.1 Å². The molecule has 4 amide bonds. The number of carbonyl (C=O) groups is 3. The molecule has 0 bridgehead atoms. The highest BCUT2D eigenvalue weighted by Gasteiger charge is 2.17. The van der Waals surface area contributed by atoms with E-state index in [-0.39, 0.29) is 18.6 Å². The lowest BCUT2D eigenvalue weighted by Gasteiger charge is -2.25. The summed E-state index contributed by atoms with van der Waals surface area (Å²) in [5, 5.41) is 5.28. The van der Waals surface area contributed by atoms with Crippen molar-refractivity contribution in [1.29, 1.82) is 0 Å². The van der Waals surface area contributed by atoms with Crippen molar-refractivity contribution in [1.82, 2.24) is 10.2 Å². The van der Waals surface area contributed by atoms with Crippen LogP contribution in [0, 0.1) is 0 Å². The number of nitrogens with one attached hydrogen (secondary N) is 2. The summed E-state index contributed by atoms with van der Waals surface area (Å²) < 4.78 is 10.5. The maximum Gasteiger partial charge on any atom is 0.410 e. The van der Waals surface area contributed by atoms with Gasteiger partial charge in [0.1, 0.15) is 6.61 Å². The number of urea groups is 1. The number of hydrogen-bond acceptors (Lipinski definition) is 5. The van der Waals surface area contributed by atoms with E-state index in [2.05, 4.69) is 10.6 Å². The van der Waals surface area contributed by atoms with Crippen molar-refractivity contribution in [2.45, 2.75) is 25.9 Å². The summed E-state index contributed by atoms with van der Waals surface area (Å²) in [6.07, 6.45) is 1.35. The summed E-state index contributed by atoms with van der Waals surface area (Å²) >= 11 is 0. The monoisotopic (exact) mass is 378 g/mol. The molecule has 9 nitrogen and oxygen atoms in total. The number of carbonyl (C=O) groups excluding carboxylic acids is 3. The van der Waals surface area contributed by atoms with Gasteiger partial charge in [0.15, 0.2) is 0 Å². The summed E-state index contributed by atoms with van der Waals surface area (Å²) in [5.41, 5.74) is 6.48. The molecule has 1 aliphatic rings. The number of nitrogens with zero attached hydrogens (tertiary/aromatic N) is 1. The molecule has 0 unspecified atom stereocenters. The maximum absolute atomic E-state index is 11.9. The van der Waals surface area contributed by atoms with E-state index in [4.69, 9.17) is 15.2 Å². The van der Waals surface area contributed by atoms with Gasteiger partial charge in [-0.15, -0.1) is 0 Å². The fourth-order valence-corrected chi connectivity index (χ4v) is 2.51. The van der Waals surface area contributed by atoms with Crippen LogP contribution in [0.15, 0.2) is 24.3 Å². The standard InChI is InChI=1S/C18H26N4O5/c19-17(24)20-8-2-1-3-16(23)21-15-6-4-14(5-7-15)13-27-18(25)22-9-11-26-12-10-22/h4-7H,1-3,8-13H2,(H,21,23)(H3,19,20,24). The van der Waals surface area contributed by atoms with E-state index in [0.717, 1.165) is 5.56 Å². The number of benzene rings is 1. The number of morpholine rings is 1. The average Bonchev–Trinajstić information content (AvgIpc) is 2.67. The number of unbranched alkanes of at least 4 members (excludes halogenated alkanes) is 1. The van der Waals surface area contributed by atoms with Crippen LogP contribution in [0.25, 0.3) is 0 Å². The van der Waals surface area contributed by atoms with Crippen molar-refractivity contribution in [2.24, 2.45) is 5.73 Å². The summed E-state index contributed by atoms with van der Waals surface area (Å²) in [6, 6.07) is 6.59. The number of hydrogen-bond donors (Lipinski definition) is 3. The summed E-state index contributed by atoms with van der Waals surface area (Å²) in [5.74, 6) is -0.0967. The van der Waals surface area contributed by atoms with Crippen LogP contribution in [0.3, 0.4) is 0 Å². The van der Waals surface area contributed by atoms with Crippen molar-refractivity contribution in [2.75, 3.05) is 38.2 Å². The second-order valence-corrected chi connectivity index (χ2v) is 6.15. The Morgan fingerprint density at radius 3 is 2.48 bits per heavy atom. The Morgan fingerprint density at radius 1 is 1.11 bits per heavy atom. The summed E-state index contributed by atoms with van der Waals surface area (Å²) in [4.78, 5) is 36.0. The molecule has 1 fully saturated rings. The molecule has 2 rings (SSSR count). The minimum atomic E-state index is -0.560. The second-order valence-electron chi connectivity index (χ2n) is 6.15. The van der Waals surface area contributed by atoms with Gasteiger partial charge in [0.25, 0.3) is 0 Å². The molecule has 0 aliphatic carbocycles. The molecule has 0 radical (unpaired) electrons. The lowest BCUT2D eigenvalue weighted by atomic mass is 10.2. The Labute approximate surface area is 158 Å². The molecule has 9 heteroatoms. The van der Waals surface area contributed by atoms with Crippen molar-refractivity contribution in [3.05, 3.63) is 29.8 Å². The maximum atomic E-state index is 11.9.